The quantitative estimate of drug-likeness (QED) is 0.441. The Kier molecular flexibility index (Phi) is 7.00. The number of nitrogens with one attached hydrogen (secondary N) is 2. The van der Waals surface area contributed by atoms with Crippen LogP contribution in [0.2, 0.25) is 5.02 Å². The highest BCUT2D eigenvalue weighted by atomic mass is 35.5. The Morgan fingerprint density at radius 3 is 2.86 bits per heavy atom. The molecule has 0 saturated carbocycles. The maximum atomic E-state index is 6.01. The Balaban J connectivity index is 1.62. The van der Waals surface area contributed by atoms with E-state index < -0.39 is 0 Å². The topological polar surface area (TPSA) is 88.2 Å². The predicted molar refractivity (Wildman–Crippen MR) is 113 cm³/mol. The smallest absolute Gasteiger partial charge is 0.248 e. The van der Waals surface area contributed by atoms with Crippen molar-refractivity contribution in [3.8, 4) is 11.4 Å². The minimum Gasteiger partial charge on any atom is -0.357 e. The number of nitrogens with zero attached hydrogens (tertiary/aromatic N) is 4. The number of halogens is 1. The zero-order chi connectivity index (χ0) is 19.9. The normalized spacial score (nSPS) is 11.8. The lowest BCUT2D eigenvalue weighted by atomic mass is 10.2. The number of hydrogen-bond acceptors (Lipinski definition) is 6. The third-order valence-corrected chi connectivity index (χ3v) is 4.94. The fourth-order valence-electron chi connectivity index (χ4n) is 2.38. The second kappa shape index (κ2) is 9.66. The lowest BCUT2D eigenvalue weighted by molar-refractivity contribution is 0.380. The highest BCUT2D eigenvalue weighted by Gasteiger charge is 2.10. The van der Waals surface area contributed by atoms with Gasteiger partial charge in [-0.2, -0.15) is 4.98 Å². The Hall–Kier alpha value is -2.45. The molecule has 148 valence electrons. The fraction of sp³-hybridized carbons (Fsp3) is 0.368. The number of benzene rings is 1. The Morgan fingerprint density at radius 1 is 1.29 bits per heavy atom. The van der Waals surface area contributed by atoms with Gasteiger partial charge >= 0.3 is 0 Å². The third kappa shape index (κ3) is 5.53. The number of aliphatic imine (C=N–C) groups is 1. The van der Waals surface area contributed by atoms with E-state index in [1.54, 1.807) is 23.5 Å². The highest BCUT2D eigenvalue weighted by molar-refractivity contribution is 7.09. The number of guanidine groups is 1. The first-order chi connectivity index (χ1) is 13.5. The number of hydrogen-bond donors (Lipinski definition) is 2. The second-order valence-electron chi connectivity index (χ2n) is 6.39. The molecule has 0 atom stereocenters. The van der Waals surface area contributed by atoms with E-state index >= 15 is 0 Å². The summed E-state index contributed by atoms with van der Waals surface area (Å²) in [5.41, 5.74) is 1.92. The standard InChI is InChI=1S/C19H23ClN6OS/c1-4-21-19(23-10-17-24-15(11-28-17)12(2)3)22-9-16-25-18(26-27-16)13-6-5-7-14(20)8-13/h5-8,11-12H,4,9-10H2,1-3H3,(H2,21,22,23). The van der Waals surface area contributed by atoms with Crippen LogP contribution in [0, 0.1) is 0 Å². The highest BCUT2D eigenvalue weighted by Crippen LogP contribution is 2.20. The van der Waals surface area contributed by atoms with Gasteiger partial charge in [-0.25, -0.2) is 9.98 Å². The summed E-state index contributed by atoms with van der Waals surface area (Å²) < 4.78 is 5.30. The lowest BCUT2D eigenvalue weighted by Gasteiger charge is -2.09. The minimum atomic E-state index is 0.276. The van der Waals surface area contributed by atoms with Gasteiger partial charge in [0.15, 0.2) is 5.96 Å². The predicted octanol–water partition coefficient (Wildman–Crippen LogP) is 4.23. The number of rotatable bonds is 7. The molecule has 0 aliphatic rings. The molecule has 0 fully saturated rings. The van der Waals surface area contributed by atoms with E-state index in [-0.39, 0.29) is 6.54 Å². The molecular formula is C19H23ClN6OS. The summed E-state index contributed by atoms with van der Waals surface area (Å²) >= 11 is 7.66. The second-order valence-corrected chi connectivity index (χ2v) is 7.77. The van der Waals surface area contributed by atoms with Crippen LogP contribution in [0.3, 0.4) is 0 Å². The molecule has 0 radical (unpaired) electrons. The Morgan fingerprint density at radius 2 is 2.14 bits per heavy atom. The van der Waals surface area contributed by atoms with Crippen LogP contribution >= 0.6 is 22.9 Å². The van der Waals surface area contributed by atoms with Gasteiger partial charge in [-0.05, 0) is 25.0 Å². The van der Waals surface area contributed by atoms with Gasteiger partial charge in [-0.3, -0.25) is 0 Å². The van der Waals surface area contributed by atoms with Gasteiger partial charge in [-0.1, -0.05) is 42.7 Å². The molecule has 3 aromatic rings. The zero-order valence-corrected chi connectivity index (χ0v) is 17.6. The summed E-state index contributed by atoms with van der Waals surface area (Å²) in [5.74, 6) is 2.03. The van der Waals surface area contributed by atoms with E-state index in [2.05, 4.69) is 50.0 Å². The summed E-state index contributed by atoms with van der Waals surface area (Å²) in [6, 6.07) is 7.33. The van der Waals surface area contributed by atoms with Gasteiger partial charge < -0.3 is 15.2 Å². The molecule has 1 aromatic carbocycles. The van der Waals surface area contributed by atoms with Gasteiger partial charge in [0.2, 0.25) is 11.7 Å². The summed E-state index contributed by atoms with van der Waals surface area (Å²) in [5, 5.41) is 14.2. The van der Waals surface area contributed by atoms with Gasteiger partial charge in [0.05, 0.1) is 12.2 Å². The van der Waals surface area contributed by atoms with Crippen molar-refractivity contribution in [2.24, 2.45) is 4.99 Å². The molecule has 0 bridgehead atoms. The molecule has 9 heteroatoms. The fourth-order valence-corrected chi connectivity index (χ4v) is 3.47. The first kappa shape index (κ1) is 20.3. The van der Waals surface area contributed by atoms with Crippen LogP contribution in [-0.2, 0) is 13.1 Å². The first-order valence-electron chi connectivity index (χ1n) is 9.10. The summed E-state index contributed by atoms with van der Waals surface area (Å²) in [7, 11) is 0. The molecule has 0 aliphatic carbocycles. The largest absolute Gasteiger partial charge is 0.357 e. The van der Waals surface area contributed by atoms with Crippen molar-refractivity contribution in [3.63, 3.8) is 0 Å². The molecule has 7 nitrogen and oxygen atoms in total. The Bertz CT molecular complexity index is 936. The molecule has 0 spiro atoms. The minimum absolute atomic E-state index is 0.276. The van der Waals surface area contributed by atoms with Gasteiger partial charge in [0, 0.05) is 22.5 Å². The monoisotopic (exact) mass is 418 g/mol. The lowest BCUT2D eigenvalue weighted by Crippen LogP contribution is -2.36. The summed E-state index contributed by atoms with van der Waals surface area (Å²) in [4.78, 5) is 13.5. The SMILES string of the molecule is CCNC(=NCc1nc(-c2cccc(Cl)c2)no1)NCc1nc(C(C)C)cs1. The van der Waals surface area contributed by atoms with Crippen molar-refractivity contribution in [1.29, 1.82) is 0 Å². The molecule has 2 heterocycles. The van der Waals surface area contributed by atoms with Crippen LogP contribution in [0.1, 0.15) is 43.3 Å². The molecule has 3 rings (SSSR count). The van der Waals surface area contributed by atoms with E-state index in [0.29, 0.717) is 35.2 Å². The van der Waals surface area contributed by atoms with Crippen LogP contribution in [0.25, 0.3) is 11.4 Å². The van der Waals surface area contributed by atoms with Crippen LogP contribution in [-0.4, -0.2) is 27.6 Å². The maximum Gasteiger partial charge on any atom is 0.248 e. The van der Waals surface area contributed by atoms with E-state index in [9.17, 15) is 0 Å². The van der Waals surface area contributed by atoms with Crippen molar-refractivity contribution >= 4 is 28.9 Å². The van der Waals surface area contributed by atoms with Gasteiger partial charge in [-0.15, -0.1) is 11.3 Å². The molecule has 0 amide bonds. The number of aromatic nitrogens is 3. The van der Waals surface area contributed by atoms with Crippen molar-refractivity contribution in [3.05, 3.63) is 51.3 Å². The maximum absolute atomic E-state index is 6.01. The van der Waals surface area contributed by atoms with Crippen LogP contribution < -0.4 is 10.6 Å². The third-order valence-electron chi connectivity index (χ3n) is 3.84. The molecule has 0 unspecified atom stereocenters. The van der Waals surface area contributed by atoms with E-state index in [1.165, 1.54) is 0 Å². The van der Waals surface area contributed by atoms with Crippen LogP contribution in [0.4, 0.5) is 0 Å². The average molecular weight is 419 g/mol. The van der Waals surface area contributed by atoms with Crippen LogP contribution in [0.15, 0.2) is 39.2 Å². The van der Waals surface area contributed by atoms with Crippen molar-refractivity contribution in [2.45, 2.75) is 39.8 Å². The zero-order valence-electron chi connectivity index (χ0n) is 16.1. The Labute approximate surface area is 173 Å². The molecule has 0 saturated heterocycles. The molecule has 2 N–H and O–H groups in total. The number of thiazole rings is 1. The van der Waals surface area contributed by atoms with Gasteiger partial charge in [0.25, 0.3) is 0 Å². The van der Waals surface area contributed by atoms with E-state index in [0.717, 1.165) is 22.8 Å². The summed E-state index contributed by atoms with van der Waals surface area (Å²) in [6.45, 7) is 7.93. The van der Waals surface area contributed by atoms with Crippen LogP contribution in [0.5, 0.6) is 0 Å². The molecular weight excluding hydrogens is 396 g/mol. The molecule has 0 aliphatic heterocycles. The summed E-state index contributed by atoms with van der Waals surface area (Å²) in [6.07, 6.45) is 0. The van der Waals surface area contributed by atoms with E-state index in [4.69, 9.17) is 16.1 Å². The van der Waals surface area contributed by atoms with Gasteiger partial charge in [0.1, 0.15) is 11.6 Å². The average Bonchev–Trinajstić information content (AvgIpc) is 3.34. The first-order valence-corrected chi connectivity index (χ1v) is 10.4. The molecule has 2 aromatic heterocycles. The van der Waals surface area contributed by atoms with E-state index in [1.807, 2.05) is 19.1 Å². The van der Waals surface area contributed by atoms with Crippen molar-refractivity contribution in [2.75, 3.05) is 6.54 Å². The van der Waals surface area contributed by atoms with Crippen molar-refractivity contribution in [1.82, 2.24) is 25.8 Å². The molecule has 28 heavy (non-hydrogen) atoms. The van der Waals surface area contributed by atoms with Crippen molar-refractivity contribution < 1.29 is 4.52 Å².